The Kier molecular flexibility index (Phi) is 5.54. The summed E-state index contributed by atoms with van der Waals surface area (Å²) in [6.07, 6.45) is 0. The molecule has 2 rings (SSSR count). The highest BCUT2D eigenvalue weighted by Gasteiger charge is 2.26. The Labute approximate surface area is 155 Å². The third kappa shape index (κ3) is 4.48. The molecule has 2 N–H and O–H groups in total. The van der Waals surface area contributed by atoms with Crippen LogP contribution < -0.4 is 0 Å². The van der Waals surface area contributed by atoms with Crippen LogP contribution >= 0.6 is 0 Å². The summed E-state index contributed by atoms with van der Waals surface area (Å²) in [5.41, 5.74) is -0.407. The highest BCUT2D eigenvalue weighted by atomic mass is 16.3. The molecule has 0 saturated carbocycles. The summed E-state index contributed by atoms with van der Waals surface area (Å²) in [6.45, 7) is 5.80. The first kappa shape index (κ1) is 20.1. The molecular weight excluding hydrogens is 327 g/mol. The molecule has 2 aromatic carbocycles. The number of aliphatic hydroxyl groups is 2. The summed E-state index contributed by atoms with van der Waals surface area (Å²) in [7, 11) is 6.27. The van der Waals surface area contributed by atoms with Crippen molar-refractivity contribution in [3.05, 3.63) is 70.8 Å². The minimum atomic E-state index is -1.42. The van der Waals surface area contributed by atoms with E-state index in [4.69, 9.17) is 7.85 Å². The summed E-state index contributed by atoms with van der Waals surface area (Å²) in [6, 6.07) is 13.6. The van der Waals surface area contributed by atoms with Gasteiger partial charge in [-0.25, -0.2) is 0 Å². The summed E-state index contributed by atoms with van der Waals surface area (Å²) in [5.74, 6) is -1.13. The van der Waals surface area contributed by atoms with Crippen LogP contribution in [0.4, 0.5) is 0 Å². The molecule has 0 fully saturated rings. The van der Waals surface area contributed by atoms with Crippen LogP contribution in [0.25, 0.3) is 0 Å². The number of Topliss-reactive ketones (excluding diaryl/α,β-unsaturated/α-hetero) is 2. The van der Waals surface area contributed by atoms with Gasteiger partial charge in [0.1, 0.15) is 11.2 Å². The fourth-order valence-corrected chi connectivity index (χ4v) is 2.58. The Morgan fingerprint density at radius 3 is 1.23 bits per heavy atom. The van der Waals surface area contributed by atoms with Gasteiger partial charge in [-0.3, -0.25) is 9.59 Å². The van der Waals surface area contributed by atoms with Gasteiger partial charge in [-0.05, 0) is 44.6 Å². The van der Waals surface area contributed by atoms with Gasteiger partial charge in [0, 0.05) is 11.1 Å². The molecule has 4 nitrogen and oxygen atoms in total. The SMILES string of the molecule is [B]C(c1ccc(C(=O)C(C)(C)O)cc1)c1ccc(C(=O)C(C)(C)O)cc1. The maximum Gasteiger partial charge on any atom is 0.193 e. The second kappa shape index (κ2) is 7.18. The average Bonchev–Trinajstić information content (AvgIpc) is 2.58. The molecule has 0 bridgehead atoms. The van der Waals surface area contributed by atoms with Crippen molar-refractivity contribution in [1.82, 2.24) is 0 Å². The lowest BCUT2D eigenvalue weighted by Crippen LogP contribution is -2.31. The van der Waals surface area contributed by atoms with Gasteiger partial charge in [0.05, 0.1) is 7.85 Å². The minimum Gasteiger partial charge on any atom is -0.382 e. The summed E-state index contributed by atoms with van der Waals surface area (Å²) >= 11 is 0. The quantitative estimate of drug-likeness (QED) is 0.621. The lowest BCUT2D eigenvalue weighted by Gasteiger charge is -2.18. The Morgan fingerprint density at radius 2 is 1.00 bits per heavy atom. The maximum absolute atomic E-state index is 12.1. The van der Waals surface area contributed by atoms with E-state index in [0.29, 0.717) is 11.1 Å². The van der Waals surface area contributed by atoms with Crippen LogP contribution in [-0.4, -0.2) is 40.8 Å². The molecule has 0 unspecified atom stereocenters. The van der Waals surface area contributed by atoms with Gasteiger partial charge in [0.15, 0.2) is 11.6 Å². The number of hydrogen-bond donors (Lipinski definition) is 2. The molecule has 5 heteroatoms. The minimum absolute atomic E-state index is 0.355. The molecule has 2 radical (unpaired) electrons. The molecule has 0 aliphatic rings. The molecule has 0 spiro atoms. The van der Waals surface area contributed by atoms with Crippen LogP contribution in [0.15, 0.2) is 48.5 Å². The first-order valence-electron chi connectivity index (χ1n) is 8.41. The second-order valence-corrected chi connectivity index (χ2v) is 7.50. The predicted molar refractivity (Wildman–Crippen MR) is 102 cm³/mol. The van der Waals surface area contributed by atoms with Gasteiger partial charge in [-0.1, -0.05) is 48.5 Å². The number of hydrogen-bond acceptors (Lipinski definition) is 4. The average molecular weight is 350 g/mol. The zero-order valence-corrected chi connectivity index (χ0v) is 15.5. The van der Waals surface area contributed by atoms with E-state index in [0.717, 1.165) is 11.1 Å². The molecule has 0 saturated heterocycles. The van der Waals surface area contributed by atoms with Gasteiger partial charge in [-0.2, -0.15) is 0 Å². The maximum atomic E-state index is 12.1. The van der Waals surface area contributed by atoms with Gasteiger partial charge in [-0.15, -0.1) is 0 Å². The normalized spacial score (nSPS) is 12.3. The topological polar surface area (TPSA) is 74.6 Å². The van der Waals surface area contributed by atoms with Crippen molar-refractivity contribution in [2.45, 2.75) is 44.7 Å². The number of ketones is 2. The summed E-state index contributed by atoms with van der Waals surface area (Å²) in [5, 5.41) is 19.6. The van der Waals surface area contributed by atoms with E-state index in [2.05, 4.69) is 0 Å². The van der Waals surface area contributed by atoms with Crippen molar-refractivity contribution in [1.29, 1.82) is 0 Å². The second-order valence-electron chi connectivity index (χ2n) is 7.50. The molecule has 0 amide bonds. The number of carbonyl (C=O) groups excluding carboxylic acids is 2. The standard InChI is InChI=1S/C21H23BO4/c1-20(2,25)18(23)15-9-5-13(6-10-15)17(22)14-7-11-16(12-8-14)19(24)21(3,4)26/h5-12,17,25-26H,1-4H3. The third-order valence-electron chi connectivity index (χ3n) is 4.18. The zero-order valence-electron chi connectivity index (χ0n) is 15.5. The van der Waals surface area contributed by atoms with Crippen molar-refractivity contribution >= 4 is 19.4 Å². The van der Waals surface area contributed by atoms with E-state index in [9.17, 15) is 19.8 Å². The Bertz CT molecular complexity index is 724. The Morgan fingerprint density at radius 1 is 0.731 bits per heavy atom. The number of benzene rings is 2. The van der Waals surface area contributed by atoms with E-state index in [1.165, 1.54) is 27.7 Å². The first-order valence-corrected chi connectivity index (χ1v) is 8.41. The van der Waals surface area contributed by atoms with E-state index in [-0.39, 0.29) is 11.6 Å². The van der Waals surface area contributed by atoms with Crippen LogP contribution in [0, 0.1) is 0 Å². The lowest BCUT2D eigenvalue weighted by molar-refractivity contribution is 0.0487. The van der Waals surface area contributed by atoms with Crippen molar-refractivity contribution in [3.63, 3.8) is 0 Å². The van der Waals surface area contributed by atoms with Gasteiger partial charge >= 0.3 is 0 Å². The molecule has 0 atom stereocenters. The molecule has 2 aromatic rings. The molecule has 134 valence electrons. The van der Waals surface area contributed by atoms with Crippen molar-refractivity contribution < 1.29 is 19.8 Å². The Hall–Kier alpha value is -2.24. The van der Waals surface area contributed by atoms with Crippen LogP contribution in [0.2, 0.25) is 0 Å². The monoisotopic (exact) mass is 350 g/mol. The molecular formula is C21H23BO4. The highest BCUT2D eigenvalue weighted by Crippen LogP contribution is 2.24. The predicted octanol–water partition coefficient (Wildman–Crippen LogP) is 2.85. The molecule has 0 aliphatic carbocycles. The fourth-order valence-electron chi connectivity index (χ4n) is 2.58. The lowest BCUT2D eigenvalue weighted by atomic mass is 9.75. The van der Waals surface area contributed by atoms with E-state index in [1.54, 1.807) is 48.5 Å². The highest BCUT2D eigenvalue weighted by molar-refractivity contribution is 6.14. The van der Waals surface area contributed by atoms with Crippen LogP contribution in [0.1, 0.15) is 65.4 Å². The molecule has 26 heavy (non-hydrogen) atoms. The van der Waals surface area contributed by atoms with Gasteiger partial charge in [0.25, 0.3) is 0 Å². The third-order valence-corrected chi connectivity index (χ3v) is 4.18. The van der Waals surface area contributed by atoms with E-state index >= 15 is 0 Å². The Balaban J connectivity index is 2.20. The summed E-state index contributed by atoms with van der Waals surface area (Å²) < 4.78 is 0. The van der Waals surface area contributed by atoms with Crippen LogP contribution in [0.3, 0.4) is 0 Å². The zero-order chi connectivity index (χ0) is 19.7. The first-order chi connectivity index (χ1) is 11.9. The van der Waals surface area contributed by atoms with E-state index in [1.807, 2.05) is 0 Å². The molecule has 0 aromatic heterocycles. The smallest absolute Gasteiger partial charge is 0.193 e. The van der Waals surface area contributed by atoms with Crippen LogP contribution in [-0.2, 0) is 0 Å². The number of carbonyl (C=O) groups is 2. The van der Waals surface area contributed by atoms with Crippen molar-refractivity contribution in [3.8, 4) is 0 Å². The largest absolute Gasteiger partial charge is 0.382 e. The molecule has 0 heterocycles. The van der Waals surface area contributed by atoms with Crippen molar-refractivity contribution in [2.24, 2.45) is 0 Å². The van der Waals surface area contributed by atoms with Crippen LogP contribution in [0.5, 0.6) is 0 Å². The molecule has 0 aliphatic heterocycles. The van der Waals surface area contributed by atoms with Gasteiger partial charge in [0.2, 0.25) is 0 Å². The summed E-state index contributed by atoms with van der Waals surface area (Å²) in [4.78, 5) is 24.1. The van der Waals surface area contributed by atoms with Gasteiger partial charge < -0.3 is 10.2 Å². The van der Waals surface area contributed by atoms with Crippen molar-refractivity contribution in [2.75, 3.05) is 0 Å². The fraction of sp³-hybridized carbons (Fsp3) is 0.333. The van der Waals surface area contributed by atoms with E-state index < -0.39 is 17.0 Å². The number of rotatable bonds is 6.